The molecule has 0 unspecified atom stereocenters. The molecule has 0 saturated heterocycles. The van der Waals surface area contributed by atoms with Gasteiger partial charge in [-0.15, -0.1) is 0 Å². The Balaban J connectivity index is 2.42. The van der Waals surface area contributed by atoms with E-state index >= 15 is 0 Å². The lowest BCUT2D eigenvalue weighted by atomic mass is 9.96. The van der Waals surface area contributed by atoms with Crippen molar-refractivity contribution in [2.75, 3.05) is 25.2 Å². The molecule has 0 fully saturated rings. The largest absolute Gasteiger partial charge is 0.480 e. The number of aliphatic hydroxyl groups is 2. The highest BCUT2D eigenvalue weighted by Gasteiger charge is 2.37. The molecule has 10 atom stereocenters. The third-order valence-corrected chi connectivity index (χ3v) is 12.2. The summed E-state index contributed by atoms with van der Waals surface area (Å²) in [6.45, 7) is 11.3. The van der Waals surface area contributed by atoms with Gasteiger partial charge in [0.05, 0.1) is 18.8 Å². The maximum Gasteiger partial charge on any atom is 0.326 e. The van der Waals surface area contributed by atoms with Crippen LogP contribution in [0.2, 0.25) is 0 Å². The molecule has 1 heterocycles. The summed E-state index contributed by atoms with van der Waals surface area (Å²) >= 11 is 1.37. The number of unbranched alkanes of at least 4 members (excludes halogenated alkanes) is 1. The third-order valence-electron chi connectivity index (χ3n) is 11.6. The monoisotopic (exact) mass is 977 g/mol. The molecule has 0 spiro atoms. The van der Waals surface area contributed by atoms with Gasteiger partial charge in [-0.3, -0.25) is 33.6 Å². The number of hydrogen-bond acceptors (Lipinski definition) is 13. The normalized spacial score (nSPS) is 15.9. The summed E-state index contributed by atoms with van der Waals surface area (Å²) < 4.78 is 0. The molecule has 1 aromatic heterocycles. The number of carbonyl (C=O) groups excluding carboxylic acids is 7. The maximum atomic E-state index is 14.2. The lowest BCUT2D eigenvalue weighted by molar-refractivity contribution is -0.143. The van der Waals surface area contributed by atoms with E-state index in [1.807, 2.05) is 26.8 Å². The van der Waals surface area contributed by atoms with E-state index in [9.17, 15) is 53.7 Å². The van der Waals surface area contributed by atoms with Crippen molar-refractivity contribution < 1.29 is 53.7 Å². The third kappa shape index (κ3) is 18.7. The highest BCUT2D eigenvalue weighted by Crippen LogP contribution is 2.20. The molecule has 68 heavy (non-hydrogen) atoms. The van der Waals surface area contributed by atoms with Crippen molar-refractivity contribution in [3.63, 3.8) is 0 Å². The van der Waals surface area contributed by atoms with E-state index in [4.69, 9.17) is 11.5 Å². The summed E-state index contributed by atoms with van der Waals surface area (Å²) in [4.78, 5) is 111. The minimum Gasteiger partial charge on any atom is -0.480 e. The number of fused-ring (bicyclic) bond motifs is 1. The summed E-state index contributed by atoms with van der Waals surface area (Å²) in [6, 6.07) is -3.29. The first kappa shape index (κ1) is 58.8. The molecule has 0 aliphatic rings. The number of carboxylic acids is 1. The van der Waals surface area contributed by atoms with Crippen molar-refractivity contribution in [1.29, 1.82) is 0 Å². The number of amides is 7. The fourth-order valence-electron chi connectivity index (χ4n) is 7.14. The number of carbonyl (C=O) groups is 8. The van der Waals surface area contributed by atoms with Gasteiger partial charge in [0.2, 0.25) is 41.4 Å². The summed E-state index contributed by atoms with van der Waals surface area (Å²) in [5, 5.41) is 49.5. The molecule has 0 radical (unpaired) electrons. The van der Waals surface area contributed by atoms with Gasteiger partial charge in [0.15, 0.2) is 0 Å². The Labute approximate surface area is 403 Å². The lowest BCUT2D eigenvalue weighted by Gasteiger charge is -2.29. The van der Waals surface area contributed by atoms with E-state index < -0.39 is 114 Å². The van der Waals surface area contributed by atoms with E-state index in [-0.39, 0.29) is 37.5 Å². The fourth-order valence-corrected chi connectivity index (χ4v) is 7.61. The van der Waals surface area contributed by atoms with Crippen molar-refractivity contribution in [2.24, 2.45) is 29.2 Å². The maximum absolute atomic E-state index is 14.2. The molecule has 7 amide bonds. The Bertz CT molecular complexity index is 1980. The first-order chi connectivity index (χ1) is 32.1. The van der Waals surface area contributed by atoms with Gasteiger partial charge in [0.1, 0.15) is 42.3 Å². The number of nitrogens with one attached hydrogen (secondary N) is 8. The zero-order valence-electron chi connectivity index (χ0n) is 40.6. The fraction of sp³-hybridized carbons (Fsp3) is 0.652. The molecule has 0 saturated carbocycles. The van der Waals surface area contributed by atoms with Crippen molar-refractivity contribution in [1.82, 2.24) is 42.2 Å². The smallest absolute Gasteiger partial charge is 0.326 e. The second-order valence-electron chi connectivity index (χ2n) is 18.0. The van der Waals surface area contributed by atoms with Gasteiger partial charge in [-0.1, -0.05) is 66.2 Å². The standard InChI is InChI=1S/C46H76N10O11S/c1-9-26(6)37(44(64)53-34(46(66)67)20-24(2)3)55-40(60)31(16-12-13-18-47)50-39(59)32(17-19-68-8)51-45(65)38(27(7)58)56-41(61)33(21-28-22-49-30-15-11-10-14-29(28)30)52-42(62)35(23-57)54-43(63)36(48)25(4)5/h10-11,14-15,22,24-27,31-38,49,57-58H,9,12-13,16-21,23,47-48H2,1-8H3,(H,50,59)(H,51,65)(H,52,62)(H,53,64)(H,54,63)(H,55,60)(H,56,61)(H,66,67)/t26-,27+,31-,32-,33-,34-,35-,36-,37-,38-/m0/s1. The highest BCUT2D eigenvalue weighted by atomic mass is 32.2. The van der Waals surface area contributed by atoms with Gasteiger partial charge in [-0.05, 0) is 87.0 Å². The van der Waals surface area contributed by atoms with Crippen molar-refractivity contribution in [3.8, 4) is 0 Å². The van der Waals surface area contributed by atoms with Crippen LogP contribution in [0.15, 0.2) is 30.5 Å². The number of para-hydroxylation sites is 1. The van der Waals surface area contributed by atoms with Crippen LogP contribution < -0.4 is 48.7 Å². The second kappa shape index (κ2) is 29.6. The predicted molar refractivity (Wildman–Crippen MR) is 260 cm³/mol. The van der Waals surface area contributed by atoms with Gasteiger partial charge in [0.25, 0.3) is 0 Å². The number of hydrogen-bond donors (Lipinski definition) is 13. The summed E-state index contributed by atoms with van der Waals surface area (Å²) in [7, 11) is 0. The average molecular weight is 977 g/mol. The molecule has 0 aliphatic heterocycles. The van der Waals surface area contributed by atoms with E-state index in [0.29, 0.717) is 37.1 Å². The molecule has 15 N–H and O–H groups in total. The van der Waals surface area contributed by atoms with Crippen LogP contribution in [0.3, 0.4) is 0 Å². The Morgan fingerprint density at radius 1 is 0.691 bits per heavy atom. The zero-order valence-corrected chi connectivity index (χ0v) is 41.4. The first-order valence-corrected chi connectivity index (χ1v) is 24.6. The number of rotatable bonds is 31. The average Bonchev–Trinajstić information content (AvgIpc) is 3.70. The summed E-state index contributed by atoms with van der Waals surface area (Å²) in [6.07, 6.45) is 3.38. The Hall–Kier alpha value is -5.29. The molecule has 0 aliphatic carbocycles. The van der Waals surface area contributed by atoms with E-state index in [2.05, 4.69) is 42.2 Å². The first-order valence-electron chi connectivity index (χ1n) is 23.2. The van der Waals surface area contributed by atoms with Gasteiger partial charge >= 0.3 is 5.97 Å². The molecule has 2 aromatic rings. The lowest BCUT2D eigenvalue weighted by Crippen LogP contribution is -2.62. The van der Waals surface area contributed by atoms with Crippen LogP contribution in [0, 0.1) is 17.8 Å². The van der Waals surface area contributed by atoms with Crippen molar-refractivity contribution in [2.45, 2.75) is 148 Å². The zero-order chi connectivity index (χ0) is 51.2. The van der Waals surface area contributed by atoms with Crippen LogP contribution in [0.5, 0.6) is 0 Å². The minimum absolute atomic E-state index is 0.0503. The topological polar surface area (TPSA) is 349 Å². The van der Waals surface area contributed by atoms with Crippen LogP contribution in [0.4, 0.5) is 0 Å². The van der Waals surface area contributed by atoms with Crippen LogP contribution in [0.1, 0.15) is 92.6 Å². The number of aromatic amines is 1. The molecule has 2 rings (SSSR count). The molecule has 0 bridgehead atoms. The summed E-state index contributed by atoms with van der Waals surface area (Å²) in [5.41, 5.74) is 13.0. The minimum atomic E-state index is -1.68. The van der Waals surface area contributed by atoms with Crippen LogP contribution in [-0.2, 0) is 44.8 Å². The van der Waals surface area contributed by atoms with E-state index in [1.54, 1.807) is 51.4 Å². The van der Waals surface area contributed by atoms with Crippen LogP contribution in [0.25, 0.3) is 10.9 Å². The second-order valence-corrected chi connectivity index (χ2v) is 18.9. The van der Waals surface area contributed by atoms with Crippen LogP contribution in [-0.4, -0.2) is 147 Å². The highest BCUT2D eigenvalue weighted by molar-refractivity contribution is 7.98. The number of aliphatic carboxylic acids is 1. The van der Waals surface area contributed by atoms with Crippen molar-refractivity contribution >= 4 is 70.0 Å². The molecule has 1 aromatic carbocycles. The Morgan fingerprint density at radius 3 is 1.79 bits per heavy atom. The Kier molecular flexibility index (Phi) is 25.6. The van der Waals surface area contributed by atoms with Gasteiger partial charge in [-0.2, -0.15) is 11.8 Å². The quantitative estimate of drug-likeness (QED) is 0.0425. The Morgan fingerprint density at radius 2 is 1.22 bits per heavy atom. The number of benzene rings is 1. The molecule has 382 valence electrons. The number of carboxylic acid groups (broad SMARTS) is 1. The van der Waals surface area contributed by atoms with Gasteiger partial charge in [-0.25, -0.2) is 4.79 Å². The molecule has 21 nitrogen and oxygen atoms in total. The summed E-state index contributed by atoms with van der Waals surface area (Å²) in [5.74, 6) is -7.36. The number of aromatic nitrogens is 1. The van der Waals surface area contributed by atoms with Gasteiger partial charge in [0, 0.05) is 23.5 Å². The molecular formula is C46H76N10O11S. The number of aliphatic hydroxyl groups excluding tert-OH is 2. The number of H-pyrrole nitrogens is 1. The number of nitrogens with two attached hydrogens (primary N) is 2. The predicted octanol–water partition coefficient (Wildman–Crippen LogP) is -0.481. The van der Waals surface area contributed by atoms with Crippen LogP contribution >= 0.6 is 11.8 Å². The van der Waals surface area contributed by atoms with Gasteiger partial charge < -0.3 is 69.0 Å². The van der Waals surface area contributed by atoms with Crippen molar-refractivity contribution in [3.05, 3.63) is 36.0 Å². The van der Waals surface area contributed by atoms with E-state index in [1.165, 1.54) is 18.7 Å². The van der Waals surface area contributed by atoms with E-state index in [0.717, 1.165) is 10.9 Å². The molecular weight excluding hydrogens is 901 g/mol. The SMILES string of the molecule is CC[C@H](C)[C@H](NC(=O)[C@H](CCCCN)NC(=O)[C@H](CCSC)NC(=O)[C@@H](NC(=O)[C@H](Cc1c[nH]c2ccccc12)NC(=O)[C@H](CO)NC(=O)[C@@H](N)C(C)C)[C@@H](C)O)C(=O)N[C@@H](CC(C)C)C(=O)O. The molecule has 22 heteroatoms. The number of thioether (sulfide) groups is 1.